The van der Waals surface area contributed by atoms with Crippen molar-refractivity contribution in [2.24, 2.45) is 0 Å². The van der Waals surface area contributed by atoms with Gasteiger partial charge in [0.1, 0.15) is 22.7 Å². The van der Waals surface area contributed by atoms with Crippen molar-refractivity contribution in [3.05, 3.63) is 70.9 Å². The number of aromatic nitrogens is 2. The summed E-state index contributed by atoms with van der Waals surface area (Å²) >= 11 is 1.32. The molecule has 1 N–H and O–H groups in total. The molecule has 2 aromatic heterocycles. The van der Waals surface area contributed by atoms with Gasteiger partial charge < -0.3 is 24.6 Å². The van der Waals surface area contributed by atoms with Crippen molar-refractivity contribution in [2.75, 3.05) is 55.5 Å². The van der Waals surface area contributed by atoms with Crippen LogP contribution in [0.15, 0.2) is 54.9 Å². The van der Waals surface area contributed by atoms with Gasteiger partial charge in [-0.2, -0.15) is 0 Å². The number of rotatable bonds is 6. The maximum absolute atomic E-state index is 13.3. The minimum atomic E-state index is -0.510. The van der Waals surface area contributed by atoms with Gasteiger partial charge in [-0.15, -0.1) is 11.3 Å². The second-order valence-electron chi connectivity index (χ2n) is 8.57. The largest absolute Gasteiger partial charge is 0.495 e. The van der Waals surface area contributed by atoms with E-state index >= 15 is 0 Å². The molecule has 0 radical (unpaired) electrons. The Bertz CT molecular complexity index is 1460. The first kappa shape index (κ1) is 24.5. The molecule has 0 spiro atoms. The van der Waals surface area contributed by atoms with Crippen LogP contribution in [0.1, 0.15) is 25.6 Å². The lowest BCUT2D eigenvalue weighted by molar-refractivity contribution is 0.0602. The maximum atomic E-state index is 13.3. The number of hydrogen-bond donors (Lipinski definition) is 1. The maximum Gasteiger partial charge on any atom is 0.339 e. The third-order valence-corrected chi connectivity index (χ3v) is 7.70. The van der Waals surface area contributed by atoms with E-state index in [-0.39, 0.29) is 5.91 Å². The number of benzene rings is 2. The number of aryl methyl sites for hydroxylation is 1. The highest BCUT2D eigenvalue weighted by molar-refractivity contribution is 7.20. The molecule has 1 saturated heterocycles. The molecule has 1 aliphatic heterocycles. The molecule has 1 fully saturated rings. The highest BCUT2D eigenvalue weighted by atomic mass is 32.1. The van der Waals surface area contributed by atoms with Gasteiger partial charge in [0, 0.05) is 26.2 Å². The number of piperazine rings is 1. The number of anilines is 3. The topological polar surface area (TPSA) is 96.9 Å². The number of para-hydroxylation sites is 3. The van der Waals surface area contributed by atoms with Crippen molar-refractivity contribution < 1.29 is 19.1 Å². The molecular weight excluding hydrogens is 490 g/mol. The predicted molar refractivity (Wildman–Crippen MR) is 145 cm³/mol. The fourth-order valence-corrected chi connectivity index (χ4v) is 5.66. The van der Waals surface area contributed by atoms with E-state index in [1.54, 1.807) is 37.7 Å². The number of amides is 1. The zero-order valence-electron chi connectivity index (χ0n) is 20.9. The van der Waals surface area contributed by atoms with Gasteiger partial charge in [-0.3, -0.25) is 4.79 Å². The normalized spacial score (nSPS) is 13.5. The monoisotopic (exact) mass is 517 g/mol. The number of methoxy groups -OCH3 is 2. The smallest absolute Gasteiger partial charge is 0.339 e. The number of hydrogen-bond acceptors (Lipinski definition) is 9. The predicted octanol–water partition coefficient (Wildman–Crippen LogP) is 4.37. The summed E-state index contributed by atoms with van der Waals surface area (Å²) in [5, 5.41) is 3.75. The average molecular weight is 518 g/mol. The Balaban J connectivity index is 1.39. The van der Waals surface area contributed by atoms with Crippen molar-refractivity contribution in [3.63, 3.8) is 0 Å². The number of nitrogens with zero attached hydrogens (tertiary/aromatic N) is 4. The van der Waals surface area contributed by atoms with Crippen LogP contribution in [-0.4, -0.2) is 62.2 Å². The number of thiophene rings is 1. The van der Waals surface area contributed by atoms with Crippen molar-refractivity contribution in [1.82, 2.24) is 9.97 Å². The Morgan fingerprint density at radius 3 is 2.41 bits per heavy atom. The second kappa shape index (κ2) is 10.4. The summed E-state index contributed by atoms with van der Waals surface area (Å²) in [6.45, 7) is 5.08. The number of carbonyl (C=O) groups is 2. The molecule has 0 unspecified atom stereocenters. The number of carbonyl (C=O) groups excluding carboxylic acids is 2. The fourth-order valence-electron chi connectivity index (χ4n) is 4.62. The number of fused-ring (bicyclic) bond motifs is 1. The summed E-state index contributed by atoms with van der Waals surface area (Å²) in [5.41, 5.74) is 2.59. The fraction of sp³-hybridized carbons (Fsp3) is 0.259. The Kier molecular flexibility index (Phi) is 6.91. The number of ether oxygens (including phenoxy) is 2. The van der Waals surface area contributed by atoms with Crippen molar-refractivity contribution in [3.8, 4) is 5.75 Å². The van der Waals surface area contributed by atoms with E-state index in [1.165, 1.54) is 18.4 Å². The summed E-state index contributed by atoms with van der Waals surface area (Å²) in [5.74, 6) is 0.874. The molecule has 0 bridgehead atoms. The van der Waals surface area contributed by atoms with Gasteiger partial charge in [0.15, 0.2) is 0 Å². The summed E-state index contributed by atoms with van der Waals surface area (Å²) in [6, 6.07) is 14.8. The zero-order valence-corrected chi connectivity index (χ0v) is 21.7. The minimum Gasteiger partial charge on any atom is -0.495 e. The summed E-state index contributed by atoms with van der Waals surface area (Å²) in [7, 11) is 3.00. The second-order valence-corrected chi connectivity index (χ2v) is 9.57. The Morgan fingerprint density at radius 2 is 1.65 bits per heavy atom. The van der Waals surface area contributed by atoms with E-state index in [4.69, 9.17) is 9.47 Å². The lowest BCUT2D eigenvalue weighted by Gasteiger charge is -2.37. The van der Waals surface area contributed by atoms with E-state index in [9.17, 15) is 9.59 Å². The lowest BCUT2D eigenvalue weighted by atomic mass is 10.1. The van der Waals surface area contributed by atoms with Gasteiger partial charge in [0.05, 0.1) is 41.4 Å². The van der Waals surface area contributed by atoms with Crippen LogP contribution in [-0.2, 0) is 4.74 Å². The molecule has 2 aromatic carbocycles. The third kappa shape index (κ3) is 4.67. The van der Waals surface area contributed by atoms with Crippen LogP contribution in [0.3, 0.4) is 0 Å². The van der Waals surface area contributed by atoms with E-state index in [0.29, 0.717) is 16.1 Å². The first-order valence-electron chi connectivity index (χ1n) is 11.9. The third-order valence-electron chi connectivity index (χ3n) is 6.50. The van der Waals surface area contributed by atoms with Crippen LogP contribution < -0.4 is 19.9 Å². The first-order valence-corrected chi connectivity index (χ1v) is 12.7. The van der Waals surface area contributed by atoms with Crippen LogP contribution in [0.5, 0.6) is 5.75 Å². The van der Waals surface area contributed by atoms with Gasteiger partial charge >= 0.3 is 5.97 Å². The molecule has 9 nitrogen and oxygen atoms in total. The quantitative estimate of drug-likeness (QED) is 0.377. The molecule has 3 heterocycles. The average Bonchev–Trinajstić information content (AvgIpc) is 3.29. The Labute approximate surface area is 218 Å². The van der Waals surface area contributed by atoms with Crippen LogP contribution >= 0.6 is 11.3 Å². The highest BCUT2D eigenvalue weighted by Crippen LogP contribution is 2.36. The standard InChI is InChI=1S/C27H27N5O4S/c1-17-22-24(32-14-12-31(13-15-32)20-10-6-7-11-21(20)35-2)28-16-29-26(22)37-23(17)25(33)30-19-9-5-4-8-18(19)27(34)36-3/h4-11,16H,12-15H2,1-3H3,(H,30,33). The van der Waals surface area contributed by atoms with Gasteiger partial charge in [-0.1, -0.05) is 24.3 Å². The van der Waals surface area contributed by atoms with E-state index < -0.39 is 5.97 Å². The molecule has 190 valence electrons. The molecule has 5 rings (SSSR count). The van der Waals surface area contributed by atoms with Crippen LogP contribution in [0.2, 0.25) is 0 Å². The van der Waals surface area contributed by atoms with E-state index in [2.05, 4.69) is 31.2 Å². The van der Waals surface area contributed by atoms with Crippen molar-refractivity contribution >= 4 is 50.6 Å². The summed E-state index contributed by atoms with van der Waals surface area (Å²) in [4.78, 5) is 40.3. The Hall–Kier alpha value is -4.18. The molecule has 10 heteroatoms. The SMILES string of the molecule is COC(=O)c1ccccc1NC(=O)c1sc2ncnc(N3CCN(c4ccccc4OC)CC3)c2c1C. The van der Waals surface area contributed by atoms with Gasteiger partial charge in [0.25, 0.3) is 5.91 Å². The number of esters is 1. The highest BCUT2D eigenvalue weighted by Gasteiger charge is 2.26. The molecule has 37 heavy (non-hydrogen) atoms. The van der Waals surface area contributed by atoms with Crippen LogP contribution in [0.25, 0.3) is 10.2 Å². The van der Waals surface area contributed by atoms with E-state index in [1.807, 2.05) is 25.1 Å². The van der Waals surface area contributed by atoms with Crippen LogP contribution in [0, 0.1) is 6.92 Å². The molecule has 1 aliphatic rings. The van der Waals surface area contributed by atoms with Crippen molar-refractivity contribution in [1.29, 1.82) is 0 Å². The molecule has 0 saturated carbocycles. The zero-order chi connectivity index (χ0) is 25.9. The van der Waals surface area contributed by atoms with E-state index in [0.717, 1.165) is 59.2 Å². The van der Waals surface area contributed by atoms with Gasteiger partial charge in [0.2, 0.25) is 0 Å². The first-order chi connectivity index (χ1) is 18.0. The summed E-state index contributed by atoms with van der Waals surface area (Å²) < 4.78 is 10.4. The molecule has 1 amide bonds. The van der Waals surface area contributed by atoms with Crippen LogP contribution in [0.4, 0.5) is 17.2 Å². The lowest BCUT2D eigenvalue weighted by Crippen LogP contribution is -2.47. The molecule has 0 aliphatic carbocycles. The molecule has 4 aromatic rings. The van der Waals surface area contributed by atoms with Crippen molar-refractivity contribution in [2.45, 2.75) is 6.92 Å². The number of nitrogens with one attached hydrogen (secondary N) is 1. The summed E-state index contributed by atoms with van der Waals surface area (Å²) in [6.07, 6.45) is 1.55. The molecule has 0 atom stereocenters. The minimum absolute atomic E-state index is 0.297. The molecular formula is C27H27N5O4S. The Morgan fingerprint density at radius 1 is 0.946 bits per heavy atom. The van der Waals surface area contributed by atoms with Gasteiger partial charge in [-0.25, -0.2) is 14.8 Å². The van der Waals surface area contributed by atoms with Gasteiger partial charge in [-0.05, 0) is 36.8 Å².